The molecule has 0 unspecified atom stereocenters. The Bertz CT molecular complexity index is 1650. The van der Waals surface area contributed by atoms with Crippen LogP contribution >= 0.6 is 0 Å². The highest BCUT2D eigenvalue weighted by Gasteiger charge is 2.23. The Hall–Kier alpha value is -5.64. The largest absolute Gasteiger partial charge is 0.478 e. The molecule has 0 aliphatic heterocycles. The van der Waals surface area contributed by atoms with Crippen molar-refractivity contribution >= 4 is 40.9 Å². The maximum atomic E-state index is 13.3. The molecule has 0 fully saturated rings. The van der Waals surface area contributed by atoms with Gasteiger partial charge in [0.2, 0.25) is 11.8 Å². The lowest BCUT2D eigenvalue weighted by molar-refractivity contribution is -0.126. The van der Waals surface area contributed by atoms with Gasteiger partial charge in [0.05, 0.1) is 6.42 Å². The fourth-order valence-electron chi connectivity index (χ4n) is 4.54. The summed E-state index contributed by atoms with van der Waals surface area (Å²) in [6.45, 7) is 5.79. The fourth-order valence-corrected chi connectivity index (χ4v) is 4.54. The minimum Gasteiger partial charge on any atom is -0.478 e. The second kappa shape index (κ2) is 15.2. The molecular weight excluding hydrogens is 572 g/mol. The zero-order valence-corrected chi connectivity index (χ0v) is 25.3. The van der Waals surface area contributed by atoms with Crippen LogP contribution < -0.4 is 26.0 Å². The molecule has 4 amide bonds. The highest BCUT2D eigenvalue weighted by Crippen LogP contribution is 2.29. The number of aromatic carboxylic acids is 1. The molecule has 0 aliphatic carbocycles. The number of para-hydroxylation sites is 2. The topological polar surface area (TPSA) is 146 Å². The third-order valence-corrected chi connectivity index (χ3v) is 6.78. The minimum atomic E-state index is -1.17. The lowest BCUT2D eigenvalue weighted by Crippen LogP contribution is -2.45. The van der Waals surface area contributed by atoms with Crippen LogP contribution in [0.25, 0.3) is 0 Å². The van der Waals surface area contributed by atoms with Gasteiger partial charge in [0.25, 0.3) is 0 Å². The van der Waals surface area contributed by atoms with Crippen LogP contribution in [0.3, 0.4) is 0 Å². The highest BCUT2D eigenvalue weighted by atomic mass is 16.5. The Morgan fingerprint density at radius 3 is 2.11 bits per heavy atom. The number of carbonyl (C=O) groups is 4. The van der Waals surface area contributed by atoms with E-state index in [0.29, 0.717) is 34.8 Å². The van der Waals surface area contributed by atoms with Crippen molar-refractivity contribution in [2.45, 2.75) is 39.7 Å². The number of hydrogen-bond acceptors (Lipinski definition) is 5. The van der Waals surface area contributed by atoms with E-state index in [-0.39, 0.29) is 35.6 Å². The average molecular weight is 609 g/mol. The van der Waals surface area contributed by atoms with Crippen molar-refractivity contribution in [2.75, 3.05) is 16.0 Å². The van der Waals surface area contributed by atoms with Crippen LogP contribution in [0, 0.1) is 12.8 Å². The molecule has 5 N–H and O–H groups in total. The maximum Gasteiger partial charge on any atom is 0.339 e. The smallest absolute Gasteiger partial charge is 0.339 e. The van der Waals surface area contributed by atoms with Crippen LogP contribution in [0.4, 0.5) is 21.9 Å². The third kappa shape index (κ3) is 9.69. The number of urea groups is 1. The first-order valence-corrected chi connectivity index (χ1v) is 14.5. The summed E-state index contributed by atoms with van der Waals surface area (Å²) < 4.78 is 5.78. The standard InChI is InChI=1S/C35H36N4O6/c1-22(2)19-30(33(41)36-26-17-18-28(34(42)43)31(21-26)45-27-10-5-4-6-11-27)38-32(40)20-24-13-15-25(16-14-24)37-35(44)39-29-12-8-7-9-23(29)3/h4-18,21-22,30H,19-20H2,1-3H3,(H,36,41)(H,38,40)(H,42,43)(H2,37,39,44)/t30-/m0/s1. The van der Waals surface area contributed by atoms with E-state index in [1.54, 1.807) is 48.5 Å². The lowest BCUT2D eigenvalue weighted by atomic mass is 10.0. The molecule has 232 valence electrons. The SMILES string of the molecule is Cc1ccccc1NC(=O)Nc1ccc(CC(=O)N[C@@H](CC(C)C)C(=O)Nc2ccc(C(=O)O)c(Oc3ccccc3)c2)cc1. The first-order chi connectivity index (χ1) is 21.6. The van der Waals surface area contributed by atoms with E-state index >= 15 is 0 Å². The van der Waals surface area contributed by atoms with Crippen molar-refractivity contribution < 1.29 is 29.0 Å². The van der Waals surface area contributed by atoms with Gasteiger partial charge in [-0.05, 0) is 72.9 Å². The van der Waals surface area contributed by atoms with Gasteiger partial charge < -0.3 is 31.1 Å². The molecule has 4 aromatic carbocycles. The summed E-state index contributed by atoms with van der Waals surface area (Å²) in [6, 6.07) is 26.1. The van der Waals surface area contributed by atoms with Crippen molar-refractivity contribution in [1.82, 2.24) is 5.32 Å². The van der Waals surface area contributed by atoms with Crippen molar-refractivity contribution in [3.8, 4) is 11.5 Å². The number of anilines is 3. The Kier molecular flexibility index (Phi) is 10.9. The van der Waals surface area contributed by atoms with E-state index in [1.807, 2.05) is 51.1 Å². The molecule has 0 saturated heterocycles. The summed E-state index contributed by atoms with van der Waals surface area (Å²) in [7, 11) is 0. The average Bonchev–Trinajstić information content (AvgIpc) is 2.99. The molecular formula is C35H36N4O6. The molecule has 4 rings (SSSR count). The molecule has 0 aromatic heterocycles. The highest BCUT2D eigenvalue weighted by molar-refractivity contribution is 6.00. The lowest BCUT2D eigenvalue weighted by Gasteiger charge is -2.21. The normalized spacial score (nSPS) is 11.3. The summed E-state index contributed by atoms with van der Waals surface area (Å²) in [4.78, 5) is 50.4. The molecule has 0 bridgehead atoms. The van der Waals surface area contributed by atoms with Gasteiger partial charge >= 0.3 is 12.0 Å². The molecule has 4 aromatic rings. The van der Waals surface area contributed by atoms with Crippen LogP contribution in [-0.2, 0) is 16.0 Å². The van der Waals surface area contributed by atoms with Crippen LogP contribution in [-0.4, -0.2) is 35.0 Å². The van der Waals surface area contributed by atoms with E-state index in [1.165, 1.54) is 18.2 Å². The summed E-state index contributed by atoms with van der Waals surface area (Å²) in [5.74, 6) is -1.33. The van der Waals surface area contributed by atoms with E-state index < -0.39 is 17.9 Å². The number of nitrogens with one attached hydrogen (secondary N) is 4. The fraction of sp³-hybridized carbons (Fsp3) is 0.200. The predicted octanol–water partition coefficient (Wildman–Crippen LogP) is 6.84. The first-order valence-electron chi connectivity index (χ1n) is 14.5. The van der Waals surface area contributed by atoms with E-state index in [2.05, 4.69) is 21.3 Å². The molecule has 10 heteroatoms. The number of carboxylic acid groups (broad SMARTS) is 1. The second-order valence-electron chi connectivity index (χ2n) is 10.9. The minimum absolute atomic E-state index is 0.0277. The van der Waals surface area contributed by atoms with Gasteiger partial charge in [-0.25, -0.2) is 9.59 Å². The second-order valence-corrected chi connectivity index (χ2v) is 10.9. The number of benzene rings is 4. The number of hydrogen-bond donors (Lipinski definition) is 5. The molecule has 0 radical (unpaired) electrons. The van der Waals surface area contributed by atoms with Gasteiger partial charge in [-0.2, -0.15) is 0 Å². The molecule has 0 aliphatic rings. The number of aryl methyl sites for hydroxylation is 1. The van der Waals surface area contributed by atoms with Crippen molar-refractivity contribution in [3.63, 3.8) is 0 Å². The number of carboxylic acids is 1. The first kappa shape index (κ1) is 32.3. The van der Waals surface area contributed by atoms with Crippen LogP contribution in [0.1, 0.15) is 41.8 Å². The van der Waals surface area contributed by atoms with E-state index in [0.717, 1.165) is 5.56 Å². The molecule has 45 heavy (non-hydrogen) atoms. The van der Waals surface area contributed by atoms with Gasteiger partial charge in [0.15, 0.2) is 0 Å². The number of rotatable bonds is 12. The maximum absolute atomic E-state index is 13.3. The van der Waals surface area contributed by atoms with Crippen molar-refractivity contribution in [3.05, 3.63) is 114 Å². The van der Waals surface area contributed by atoms with E-state index in [4.69, 9.17) is 4.74 Å². The Morgan fingerprint density at radius 1 is 0.778 bits per heavy atom. The predicted molar refractivity (Wildman–Crippen MR) is 174 cm³/mol. The van der Waals surface area contributed by atoms with E-state index in [9.17, 15) is 24.3 Å². The Labute approximate surface area is 261 Å². The number of amides is 4. The Balaban J connectivity index is 1.37. The third-order valence-electron chi connectivity index (χ3n) is 6.78. The van der Waals surface area contributed by atoms with Gasteiger partial charge in [0.1, 0.15) is 23.1 Å². The van der Waals surface area contributed by atoms with Gasteiger partial charge in [-0.15, -0.1) is 0 Å². The molecule has 0 heterocycles. The van der Waals surface area contributed by atoms with Crippen LogP contribution in [0.15, 0.2) is 97.1 Å². The summed E-state index contributed by atoms with van der Waals surface area (Å²) >= 11 is 0. The summed E-state index contributed by atoms with van der Waals surface area (Å²) in [6.07, 6.45) is 0.414. The van der Waals surface area contributed by atoms with Gasteiger partial charge in [-0.1, -0.05) is 62.4 Å². The molecule has 0 spiro atoms. The summed E-state index contributed by atoms with van der Waals surface area (Å²) in [5.41, 5.74) is 3.18. The quantitative estimate of drug-likeness (QED) is 0.119. The van der Waals surface area contributed by atoms with Gasteiger partial charge in [-0.3, -0.25) is 9.59 Å². The van der Waals surface area contributed by atoms with Crippen LogP contribution in [0.5, 0.6) is 11.5 Å². The zero-order chi connectivity index (χ0) is 32.3. The number of carbonyl (C=O) groups excluding carboxylic acids is 3. The van der Waals surface area contributed by atoms with Crippen molar-refractivity contribution in [1.29, 1.82) is 0 Å². The van der Waals surface area contributed by atoms with Crippen LogP contribution in [0.2, 0.25) is 0 Å². The zero-order valence-electron chi connectivity index (χ0n) is 25.3. The molecule has 0 saturated carbocycles. The Morgan fingerprint density at radius 2 is 1.44 bits per heavy atom. The molecule has 10 nitrogen and oxygen atoms in total. The summed E-state index contributed by atoms with van der Waals surface area (Å²) in [5, 5.41) is 20.8. The van der Waals surface area contributed by atoms with Gasteiger partial charge in [0, 0.05) is 23.1 Å². The monoisotopic (exact) mass is 608 g/mol. The molecule has 1 atom stereocenters. The van der Waals surface area contributed by atoms with Crippen molar-refractivity contribution in [2.24, 2.45) is 5.92 Å². The number of ether oxygens (including phenoxy) is 1.